The highest BCUT2D eigenvalue weighted by Crippen LogP contribution is 2.31. The molecule has 1 fully saturated rings. The monoisotopic (exact) mass is 276 g/mol. The van der Waals surface area contributed by atoms with E-state index >= 15 is 0 Å². The van der Waals surface area contributed by atoms with Gasteiger partial charge in [-0.3, -0.25) is 0 Å². The van der Waals surface area contributed by atoms with Gasteiger partial charge in [0, 0.05) is 13.0 Å². The summed E-state index contributed by atoms with van der Waals surface area (Å²) in [6.45, 7) is 2.76. The van der Waals surface area contributed by atoms with Gasteiger partial charge in [-0.25, -0.2) is 0 Å². The molecule has 3 rings (SSSR count). The average molecular weight is 276 g/mol. The highest BCUT2D eigenvalue weighted by atomic mass is 16.6. The van der Waals surface area contributed by atoms with E-state index < -0.39 is 0 Å². The van der Waals surface area contributed by atoms with E-state index in [-0.39, 0.29) is 18.3 Å². The molecule has 0 radical (unpaired) electrons. The molecule has 0 bridgehead atoms. The summed E-state index contributed by atoms with van der Waals surface area (Å²) in [4.78, 5) is 0. The van der Waals surface area contributed by atoms with E-state index in [9.17, 15) is 5.11 Å². The molecule has 0 saturated heterocycles. The van der Waals surface area contributed by atoms with Crippen molar-refractivity contribution in [3.05, 3.63) is 29.3 Å². The lowest BCUT2D eigenvalue weighted by atomic mass is 9.87. The van der Waals surface area contributed by atoms with E-state index in [4.69, 9.17) is 9.47 Å². The molecule has 110 valence electrons. The Kier molecular flexibility index (Phi) is 4.27. The van der Waals surface area contributed by atoms with Gasteiger partial charge in [-0.2, -0.15) is 0 Å². The van der Waals surface area contributed by atoms with Gasteiger partial charge in [0.25, 0.3) is 0 Å². The van der Waals surface area contributed by atoms with E-state index in [1.165, 1.54) is 30.4 Å². The first kappa shape index (κ1) is 13.9. The third-order valence-corrected chi connectivity index (χ3v) is 4.34. The summed E-state index contributed by atoms with van der Waals surface area (Å²) in [6, 6.07) is 6.43. The summed E-state index contributed by atoms with van der Waals surface area (Å²) >= 11 is 0. The van der Waals surface area contributed by atoms with E-state index in [0.717, 1.165) is 18.6 Å². The molecule has 0 aromatic heterocycles. The van der Waals surface area contributed by atoms with Crippen molar-refractivity contribution in [2.45, 2.75) is 63.8 Å². The van der Waals surface area contributed by atoms with Crippen LogP contribution in [0.2, 0.25) is 0 Å². The van der Waals surface area contributed by atoms with Crippen LogP contribution in [0.25, 0.3) is 0 Å². The first-order valence-electron chi connectivity index (χ1n) is 7.86. The van der Waals surface area contributed by atoms with Gasteiger partial charge >= 0.3 is 0 Å². The van der Waals surface area contributed by atoms with Gasteiger partial charge in [0.15, 0.2) is 0 Å². The zero-order chi connectivity index (χ0) is 13.9. The van der Waals surface area contributed by atoms with Gasteiger partial charge in [-0.1, -0.05) is 13.0 Å². The summed E-state index contributed by atoms with van der Waals surface area (Å²) in [7, 11) is 0. The van der Waals surface area contributed by atoms with Crippen molar-refractivity contribution in [1.29, 1.82) is 0 Å². The van der Waals surface area contributed by atoms with E-state index in [2.05, 4.69) is 25.1 Å². The van der Waals surface area contributed by atoms with Crippen LogP contribution in [0.4, 0.5) is 0 Å². The highest BCUT2D eigenvalue weighted by molar-refractivity contribution is 5.37. The Bertz CT molecular complexity index is 458. The van der Waals surface area contributed by atoms with E-state index in [0.29, 0.717) is 13.0 Å². The molecule has 20 heavy (non-hydrogen) atoms. The Balaban J connectivity index is 1.63. The topological polar surface area (TPSA) is 38.7 Å². The maximum Gasteiger partial charge on any atom is 0.130 e. The van der Waals surface area contributed by atoms with E-state index in [1.807, 2.05) is 0 Å². The average Bonchev–Trinajstić information content (AvgIpc) is 2.47. The molecule has 3 unspecified atom stereocenters. The highest BCUT2D eigenvalue weighted by Gasteiger charge is 2.42. The molecule has 1 aromatic carbocycles. The van der Waals surface area contributed by atoms with Crippen molar-refractivity contribution in [2.24, 2.45) is 0 Å². The summed E-state index contributed by atoms with van der Waals surface area (Å²) in [5.74, 6) is 0.924. The van der Waals surface area contributed by atoms with Gasteiger partial charge in [-0.05, 0) is 55.4 Å². The predicted octanol–water partition coefficient (Wildman–Crippen LogP) is 2.87. The largest absolute Gasteiger partial charge is 0.488 e. The van der Waals surface area contributed by atoms with Crippen molar-refractivity contribution in [3.8, 4) is 5.75 Å². The summed E-state index contributed by atoms with van der Waals surface area (Å²) in [5, 5.41) is 9.77. The zero-order valence-electron chi connectivity index (χ0n) is 12.2. The van der Waals surface area contributed by atoms with E-state index in [1.54, 1.807) is 0 Å². The van der Waals surface area contributed by atoms with Gasteiger partial charge < -0.3 is 14.6 Å². The molecule has 0 spiro atoms. The number of hydrogen-bond donors (Lipinski definition) is 1. The quantitative estimate of drug-likeness (QED) is 0.898. The van der Waals surface area contributed by atoms with Crippen LogP contribution in [0.15, 0.2) is 18.2 Å². The lowest BCUT2D eigenvalue weighted by Gasteiger charge is -2.41. The molecule has 0 heterocycles. The Morgan fingerprint density at radius 3 is 2.75 bits per heavy atom. The Hall–Kier alpha value is -1.06. The summed E-state index contributed by atoms with van der Waals surface area (Å²) in [6.07, 6.45) is 6.04. The molecule has 2 aliphatic rings. The fraction of sp³-hybridized carbons (Fsp3) is 0.647. The minimum Gasteiger partial charge on any atom is -0.488 e. The molecule has 1 aromatic rings. The number of benzene rings is 1. The summed E-state index contributed by atoms with van der Waals surface area (Å²) in [5.41, 5.74) is 2.90. The fourth-order valence-corrected chi connectivity index (χ4v) is 3.10. The molecule has 0 aliphatic heterocycles. The van der Waals surface area contributed by atoms with Gasteiger partial charge in [0.05, 0.1) is 6.10 Å². The predicted molar refractivity (Wildman–Crippen MR) is 78.2 cm³/mol. The normalized spacial score (nSPS) is 28.6. The fourth-order valence-electron chi connectivity index (χ4n) is 3.10. The molecule has 2 aliphatic carbocycles. The molecule has 0 amide bonds. The van der Waals surface area contributed by atoms with Gasteiger partial charge in [-0.15, -0.1) is 0 Å². The second kappa shape index (κ2) is 6.15. The van der Waals surface area contributed by atoms with Crippen LogP contribution in [-0.4, -0.2) is 30.0 Å². The number of rotatable bonds is 5. The molecule has 1 saturated carbocycles. The number of aliphatic hydroxyl groups is 1. The maximum absolute atomic E-state index is 9.77. The smallest absolute Gasteiger partial charge is 0.130 e. The van der Waals surface area contributed by atoms with Crippen molar-refractivity contribution in [3.63, 3.8) is 0 Å². The minimum atomic E-state index is -0.371. The molecule has 3 atom stereocenters. The lowest BCUT2D eigenvalue weighted by Crippen LogP contribution is -2.55. The lowest BCUT2D eigenvalue weighted by molar-refractivity contribution is -0.162. The number of aryl methyl sites for hydroxylation is 2. The third kappa shape index (κ3) is 2.84. The molecule has 3 nitrogen and oxygen atoms in total. The molecule has 1 N–H and O–H groups in total. The third-order valence-electron chi connectivity index (χ3n) is 4.34. The molecular formula is C17H24O3. The van der Waals surface area contributed by atoms with Crippen LogP contribution < -0.4 is 4.74 Å². The number of aliphatic hydroxyl groups excluding tert-OH is 1. The number of ether oxygens (including phenoxy) is 2. The van der Waals surface area contributed by atoms with Gasteiger partial charge in [0.1, 0.15) is 18.0 Å². The maximum atomic E-state index is 9.77. The standard InChI is InChI=1S/C17H24O3/c1-2-9-19-17-15(18)11-16(17)20-14-8-7-12-5-3-4-6-13(12)10-14/h7-8,10,15-18H,2-6,9,11H2,1H3. The summed E-state index contributed by atoms with van der Waals surface area (Å²) < 4.78 is 11.7. The SMILES string of the molecule is CCCOC1C(O)CC1Oc1ccc2c(c1)CCCC2. The molecule has 3 heteroatoms. The number of hydrogen-bond acceptors (Lipinski definition) is 3. The molecular weight excluding hydrogens is 252 g/mol. The first-order chi connectivity index (χ1) is 9.78. The Labute approximate surface area is 120 Å². The first-order valence-corrected chi connectivity index (χ1v) is 7.86. The Morgan fingerprint density at radius 2 is 2.00 bits per heavy atom. The van der Waals surface area contributed by atoms with Crippen LogP contribution >= 0.6 is 0 Å². The van der Waals surface area contributed by atoms with Gasteiger partial charge in [0.2, 0.25) is 0 Å². The van der Waals surface area contributed by atoms with Crippen molar-refractivity contribution < 1.29 is 14.6 Å². The second-order valence-electron chi connectivity index (χ2n) is 5.93. The van der Waals surface area contributed by atoms with Crippen molar-refractivity contribution >= 4 is 0 Å². The van der Waals surface area contributed by atoms with Crippen LogP contribution in [0.3, 0.4) is 0 Å². The van der Waals surface area contributed by atoms with Crippen molar-refractivity contribution in [1.82, 2.24) is 0 Å². The van der Waals surface area contributed by atoms with Crippen LogP contribution in [-0.2, 0) is 17.6 Å². The number of fused-ring (bicyclic) bond motifs is 1. The minimum absolute atomic E-state index is 0.00168. The van der Waals surface area contributed by atoms with Crippen LogP contribution in [0.1, 0.15) is 43.7 Å². The van der Waals surface area contributed by atoms with Crippen molar-refractivity contribution in [2.75, 3.05) is 6.61 Å². The Morgan fingerprint density at radius 1 is 1.20 bits per heavy atom. The van der Waals surface area contributed by atoms with Crippen LogP contribution in [0.5, 0.6) is 5.75 Å². The zero-order valence-corrected chi connectivity index (χ0v) is 12.2. The second-order valence-corrected chi connectivity index (χ2v) is 5.93. The van der Waals surface area contributed by atoms with Crippen LogP contribution in [0, 0.1) is 0 Å².